The minimum Gasteiger partial charge on any atom is -0.491 e. The molecular formula is C22H24ClNO3. The molecule has 1 amide bonds. The van der Waals surface area contributed by atoms with E-state index >= 15 is 0 Å². The summed E-state index contributed by atoms with van der Waals surface area (Å²) in [5.74, 6) is 0.926. The van der Waals surface area contributed by atoms with Gasteiger partial charge in [0.15, 0.2) is 11.5 Å². The van der Waals surface area contributed by atoms with E-state index in [0.29, 0.717) is 36.2 Å². The van der Waals surface area contributed by atoms with Gasteiger partial charge in [-0.05, 0) is 36.3 Å². The van der Waals surface area contributed by atoms with E-state index < -0.39 is 0 Å². The highest BCUT2D eigenvalue weighted by Crippen LogP contribution is 2.36. The fourth-order valence-corrected chi connectivity index (χ4v) is 2.91. The van der Waals surface area contributed by atoms with Gasteiger partial charge in [0, 0.05) is 19.2 Å². The van der Waals surface area contributed by atoms with Gasteiger partial charge in [0.1, 0.15) is 0 Å². The summed E-state index contributed by atoms with van der Waals surface area (Å²) in [5, 5.41) is 0.433. The van der Waals surface area contributed by atoms with Crippen molar-refractivity contribution < 1.29 is 14.3 Å². The van der Waals surface area contributed by atoms with Crippen molar-refractivity contribution in [1.29, 1.82) is 0 Å². The molecule has 0 heterocycles. The zero-order valence-corrected chi connectivity index (χ0v) is 16.4. The van der Waals surface area contributed by atoms with E-state index in [4.69, 9.17) is 21.1 Å². The van der Waals surface area contributed by atoms with E-state index in [9.17, 15) is 4.79 Å². The second-order valence-corrected chi connectivity index (χ2v) is 6.20. The maximum atomic E-state index is 12.6. The Morgan fingerprint density at radius 3 is 2.63 bits per heavy atom. The van der Waals surface area contributed by atoms with Crippen LogP contribution in [0.4, 0.5) is 0 Å². The van der Waals surface area contributed by atoms with Gasteiger partial charge in [0.2, 0.25) is 5.91 Å². The minimum atomic E-state index is -0.108. The van der Waals surface area contributed by atoms with Crippen LogP contribution in [0.15, 0.2) is 61.2 Å². The van der Waals surface area contributed by atoms with Gasteiger partial charge in [-0.2, -0.15) is 0 Å². The maximum absolute atomic E-state index is 12.6. The number of carbonyl (C=O) groups is 1. The van der Waals surface area contributed by atoms with Gasteiger partial charge < -0.3 is 14.4 Å². The normalized spacial score (nSPS) is 10.6. The van der Waals surface area contributed by atoms with E-state index in [1.165, 1.54) is 6.08 Å². The molecule has 27 heavy (non-hydrogen) atoms. The SMILES string of the molecule is C=CCN(Cc1ccccc1)C(=O)/C=C/c1cc(Cl)c(OC)c(OCC)c1. The third-order valence-electron chi connectivity index (χ3n) is 3.83. The van der Waals surface area contributed by atoms with Crippen LogP contribution >= 0.6 is 11.6 Å². The predicted molar refractivity (Wildman–Crippen MR) is 110 cm³/mol. The van der Waals surface area contributed by atoms with Gasteiger partial charge in [-0.25, -0.2) is 0 Å². The summed E-state index contributed by atoms with van der Waals surface area (Å²) in [7, 11) is 1.54. The summed E-state index contributed by atoms with van der Waals surface area (Å²) < 4.78 is 10.8. The molecule has 4 nitrogen and oxygen atoms in total. The van der Waals surface area contributed by atoms with Crippen LogP contribution in [0.3, 0.4) is 0 Å². The number of ether oxygens (including phenoxy) is 2. The first-order valence-electron chi connectivity index (χ1n) is 8.71. The number of carbonyl (C=O) groups excluding carboxylic acids is 1. The molecule has 0 N–H and O–H groups in total. The lowest BCUT2D eigenvalue weighted by Crippen LogP contribution is -2.29. The second kappa shape index (κ2) is 10.4. The molecule has 142 valence electrons. The van der Waals surface area contributed by atoms with Crippen LogP contribution in [0, 0.1) is 0 Å². The Morgan fingerprint density at radius 2 is 2.00 bits per heavy atom. The first-order valence-corrected chi connectivity index (χ1v) is 9.09. The number of benzene rings is 2. The monoisotopic (exact) mass is 385 g/mol. The molecule has 0 aliphatic rings. The van der Waals surface area contributed by atoms with Crippen molar-refractivity contribution in [3.8, 4) is 11.5 Å². The maximum Gasteiger partial charge on any atom is 0.247 e. The molecule has 0 aliphatic heterocycles. The molecule has 0 saturated heterocycles. The smallest absolute Gasteiger partial charge is 0.247 e. The Hall–Kier alpha value is -2.72. The Balaban J connectivity index is 2.19. The summed E-state index contributed by atoms with van der Waals surface area (Å²) in [4.78, 5) is 14.3. The Kier molecular flexibility index (Phi) is 7.96. The quantitative estimate of drug-likeness (QED) is 0.451. The third kappa shape index (κ3) is 5.90. The highest BCUT2D eigenvalue weighted by atomic mass is 35.5. The molecule has 0 spiro atoms. The van der Waals surface area contributed by atoms with Gasteiger partial charge >= 0.3 is 0 Å². The molecule has 0 saturated carbocycles. The van der Waals surface area contributed by atoms with Crippen LogP contribution in [-0.2, 0) is 11.3 Å². The van der Waals surface area contributed by atoms with Crippen LogP contribution in [-0.4, -0.2) is 31.1 Å². The highest BCUT2D eigenvalue weighted by Gasteiger charge is 2.12. The van der Waals surface area contributed by atoms with Crippen LogP contribution in [0.25, 0.3) is 6.08 Å². The molecule has 0 radical (unpaired) electrons. The third-order valence-corrected chi connectivity index (χ3v) is 4.11. The summed E-state index contributed by atoms with van der Waals surface area (Å²) in [6.45, 7) is 7.10. The van der Waals surface area contributed by atoms with Crippen molar-refractivity contribution in [1.82, 2.24) is 4.90 Å². The van der Waals surface area contributed by atoms with Gasteiger partial charge in [-0.15, -0.1) is 6.58 Å². The predicted octanol–water partition coefficient (Wildman–Crippen LogP) is 4.98. The van der Waals surface area contributed by atoms with Crippen molar-refractivity contribution >= 4 is 23.6 Å². The first kappa shape index (κ1) is 20.6. The number of hydrogen-bond acceptors (Lipinski definition) is 3. The van der Waals surface area contributed by atoms with Crippen molar-refractivity contribution in [2.75, 3.05) is 20.3 Å². The molecule has 0 atom stereocenters. The van der Waals surface area contributed by atoms with E-state index in [-0.39, 0.29) is 5.91 Å². The molecule has 2 aromatic rings. The van der Waals surface area contributed by atoms with Crippen LogP contribution in [0.1, 0.15) is 18.1 Å². The van der Waals surface area contributed by atoms with E-state index in [2.05, 4.69) is 6.58 Å². The fourth-order valence-electron chi connectivity index (χ4n) is 2.61. The van der Waals surface area contributed by atoms with Crippen LogP contribution in [0.5, 0.6) is 11.5 Å². The fraction of sp³-hybridized carbons (Fsp3) is 0.227. The lowest BCUT2D eigenvalue weighted by molar-refractivity contribution is -0.126. The lowest BCUT2D eigenvalue weighted by atomic mass is 10.1. The van der Waals surface area contributed by atoms with Gasteiger partial charge in [-0.3, -0.25) is 4.79 Å². The standard InChI is InChI=1S/C22H24ClNO3/c1-4-13-24(16-17-9-7-6-8-10-17)21(25)12-11-18-14-19(23)22(26-3)20(15-18)27-5-2/h4,6-12,14-15H,1,5,13,16H2,2-3H3/b12-11+. The van der Waals surface area contributed by atoms with Crippen molar-refractivity contribution in [3.63, 3.8) is 0 Å². The molecular weight excluding hydrogens is 362 g/mol. The number of amides is 1. The van der Waals surface area contributed by atoms with Gasteiger partial charge in [0.05, 0.1) is 18.7 Å². The number of hydrogen-bond donors (Lipinski definition) is 0. The number of rotatable bonds is 9. The highest BCUT2D eigenvalue weighted by molar-refractivity contribution is 6.32. The molecule has 2 aromatic carbocycles. The molecule has 0 fully saturated rings. The van der Waals surface area contributed by atoms with E-state index in [0.717, 1.165) is 11.1 Å². The number of halogens is 1. The second-order valence-electron chi connectivity index (χ2n) is 5.79. The summed E-state index contributed by atoms with van der Waals surface area (Å²) >= 11 is 6.26. The van der Waals surface area contributed by atoms with E-state index in [1.807, 2.05) is 37.3 Å². The summed E-state index contributed by atoms with van der Waals surface area (Å²) in [6, 6.07) is 13.4. The Bertz CT molecular complexity index is 803. The van der Waals surface area contributed by atoms with Crippen molar-refractivity contribution in [2.45, 2.75) is 13.5 Å². The topological polar surface area (TPSA) is 38.8 Å². The van der Waals surface area contributed by atoms with Crippen molar-refractivity contribution in [3.05, 3.63) is 77.3 Å². The minimum absolute atomic E-state index is 0.108. The van der Waals surface area contributed by atoms with Gasteiger partial charge in [0.25, 0.3) is 0 Å². The molecule has 2 rings (SSSR count). The molecule has 0 aromatic heterocycles. The molecule has 0 aliphatic carbocycles. The van der Waals surface area contributed by atoms with E-state index in [1.54, 1.807) is 36.3 Å². The largest absolute Gasteiger partial charge is 0.491 e. The average Bonchev–Trinajstić information content (AvgIpc) is 2.67. The van der Waals surface area contributed by atoms with Crippen LogP contribution < -0.4 is 9.47 Å². The zero-order chi connectivity index (χ0) is 19.6. The summed E-state index contributed by atoms with van der Waals surface area (Å²) in [6.07, 6.45) is 4.96. The Labute approximate surface area is 165 Å². The summed E-state index contributed by atoms with van der Waals surface area (Å²) in [5.41, 5.74) is 1.82. The number of methoxy groups -OCH3 is 1. The average molecular weight is 386 g/mol. The molecule has 5 heteroatoms. The molecule has 0 unspecified atom stereocenters. The zero-order valence-electron chi connectivity index (χ0n) is 15.7. The lowest BCUT2D eigenvalue weighted by Gasteiger charge is -2.19. The van der Waals surface area contributed by atoms with Gasteiger partial charge in [-0.1, -0.05) is 48.0 Å². The van der Waals surface area contributed by atoms with Crippen LogP contribution in [0.2, 0.25) is 5.02 Å². The van der Waals surface area contributed by atoms with Crippen molar-refractivity contribution in [2.24, 2.45) is 0 Å². The number of nitrogens with zero attached hydrogens (tertiary/aromatic N) is 1. The first-order chi connectivity index (χ1) is 13.1. The Morgan fingerprint density at radius 1 is 1.26 bits per heavy atom. The molecule has 0 bridgehead atoms.